The van der Waals surface area contributed by atoms with Crippen LogP contribution < -0.4 is 19.9 Å². The van der Waals surface area contributed by atoms with Gasteiger partial charge < -0.3 is 24.8 Å². The van der Waals surface area contributed by atoms with Crippen LogP contribution in [0.4, 0.5) is 16.2 Å². The smallest absolute Gasteiger partial charge is 0.317 e. The summed E-state index contributed by atoms with van der Waals surface area (Å²) in [6.45, 7) is 5.98. The number of urea groups is 1. The number of benzene rings is 2. The van der Waals surface area contributed by atoms with Crippen LogP contribution >= 0.6 is 0 Å². The van der Waals surface area contributed by atoms with E-state index in [1.807, 2.05) is 54.3 Å². The number of para-hydroxylation sites is 1. The number of hydrogen-bond acceptors (Lipinski definition) is 4. The molecule has 3 amide bonds. The van der Waals surface area contributed by atoms with E-state index in [0.717, 1.165) is 24.5 Å². The summed E-state index contributed by atoms with van der Waals surface area (Å²) in [7, 11) is 0. The highest BCUT2D eigenvalue weighted by Crippen LogP contribution is 2.24. The molecule has 0 saturated carbocycles. The normalized spacial score (nSPS) is 19.2. The molecule has 2 heterocycles. The van der Waals surface area contributed by atoms with Gasteiger partial charge in [-0.15, -0.1) is 0 Å². The third-order valence-electron chi connectivity index (χ3n) is 5.60. The van der Waals surface area contributed by atoms with Crippen LogP contribution in [-0.2, 0) is 4.79 Å². The zero-order chi connectivity index (χ0) is 20.9. The Hall–Kier alpha value is -3.22. The lowest BCUT2D eigenvalue weighted by Gasteiger charge is -2.36. The molecule has 0 aliphatic carbocycles. The van der Waals surface area contributed by atoms with Crippen LogP contribution in [0.5, 0.6) is 5.75 Å². The average Bonchev–Trinajstić information content (AvgIpc) is 3.15. The van der Waals surface area contributed by atoms with Crippen molar-refractivity contribution in [2.45, 2.75) is 19.4 Å². The number of hydrogen-bond donors (Lipinski definition) is 1. The summed E-state index contributed by atoms with van der Waals surface area (Å²) < 4.78 is 5.46. The van der Waals surface area contributed by atoms with Crippen LogP contribution in [0.15, 0.2) is 54.6 Å². The molecule has 0 unspecified atom stereocenters. The van der Waals surface area contributed by atoms with E-state index in [1.165, 1.54) is 5.69 Å². The molecule has 30 heavy (non-hydrogen) atoms. The van der Waals surface area contributed by atoms with Crippen molar-refractivity contribution in [3.8, 4) is 5.75 Å². The van der Waals surface area contributed by atoms with Crippen LogP contribution in [0, 0.1) is 0 Å². The highest BCUT2D eigenvalue weighted by molar-refractivity contribution is 5.96. The van der Waals surface area contributed by atoms with E-state index in [4.69, 9.17) is 4.74 Å². The largest absolute Gasteiger partial charge is 0.494 e. The van der Waals surface area contributed by atoms with Crippen molar-refractivity contribution < 1.29 is 14.3 Å². The van der Waals surface area contributed by atoms with Crippen LogP contribution in [0.2, 0.25) is 0 Å². The maximum Gasteiger partial charge on any atom is 0.317 e. The molecule has 0 bridgehead atoms. The monoisotopic (exact) mass is 408 g/mol. The zero-order valence-corrected chi connectivity index (χ0v) is 17.3. The van der Waals surface area contributed by atoms with Crippen molar-refractivity contribution in [1.29, 1.82) is 0 Å². The molecular formula is C23H28N4O3. The first kappa shape index (κ1) is 20.1. The molecule has 2 aromatic carbocycles. The number of anilines is 2. The fourth-order valence-corrected chi connectivity index (χ4v) is 4.02. The number of piperazine rings is 1. The van der Waals surface area contributed by atoms with E-state index in [1.54, 1.807) is 4.90 Å². The Bertz CT molecular complexity index is 864. The molecule has 2 aromatic rings. The number of carbonyl (C=O) groups excluding carboxylic acids is 2. The lowest BCUT2D eigenvalue weighted by Crippen LogP contribution is -2.53. The Morgan fingerprint density at radius 3 is 2.37 bits per heavy atom. The second-order valence-corrected chi connectivity index (χ2v) is 7.59. The maximum atomic E-state index is 12.7. The summed E-state index contributed by atoms with van der Waals surface area (Å²) in [5.74, 6) is 0.811. The maximum absolute atomic E-state index is 12.7. The van der Waals surface area contributed by atoms with Gasteiger partial charge in [-0.25, -0.2) is 4.79 Å². The third kappa shape index (κ3) is 4.50. The van der Waals surface area contributed by atoms with Gasteiger partial charge in [0.2, 0.25) is 5.91 Å². The molecule has 2 aliphatic heterocycles. The van der Waals surface area contributed by atoms with Gasteiger partial charge in [0.25, 0.3) is 0 Å². The van der Waals surface area contributed by atoms with E-state index >= 15 is 0 Å². The number of ether oxygens (including phenoxy) is 1. The van der Waals surface area contributed by atoms with Gasteiger partial charge in [-0.3, -0.25) is 4.79 Å². The molecule has 0 radical (unpaired) electrons. The Kier molecular flexibility index (Phi) is 6.07. The van der Waals surface area contributed by atoms with Crippen LogP contribution in [-0.4, -0.2) is 62.2 Å². The van der Waals surface area contributed by atoms with Gasteiger partial charge in [-0.05, 0) is 43.3 Å². The van der Waals surface area contributed by atoms with E-state index < -0.39 is 0 Å². The van der Waals surface area contributed by atoms with Crippen LogP contribution in [0.25, 0.3) is 0 Å². The van der Waals surface area contributed by atoms with Crippen molar-refractivity contribution in [1.82, 2.24) is 10.2 Å². The zero-order valence-electron chi connectivity index (χ0n) is 17.3. The minimum atomic E-state index is -0.177. The Morgan fingerprint density at radius 2 is 1.70 bits per heavy atom. The standard InChI is InChI=1S/C23H28N4O3/c1-2-30-21-10-8-20(9-11-21)27-17-18(16-22(27)28)24-23(29)26-14-12-25(13-15-26)19-6-4-3-5-7-19/h3-11,18H,2,12-17H2,1H3,(H,24,29)/t18-/m0/s1. The summed E-state index contributed by atoms with van der Waals surface area (Å²) in [5, 5.41) is 3.05. The van der Waals surface area contributed by atoms with Gasteiger partial charge in [0.15, 0.2) is 0 Å². The first-order valence-electron chi connectivity index (χ1n) is 10.5. The summed E-state index contributed by atoms with van der Waals surface area (Å²) in [5.41, 5.74) is 2.02. The summed E-state index contributed by atoms with van der Waals surface area (Å²) in [6, 6.07) is 17.5. The number of nitrogens with zero attached hydrogens (tertiary/aromatic N) is 3. The van der Waals surface area contributed by atoms with Crippen molar-refractivity contribution in [2.24, 2.45) is 0 Å². The van der Waals surface area contributed by atoms with Crippen molar-refractivity contribution in [3.05, 3.63) is 54.6 Å². The molecule has 7 nitrogen and oxygen atoms in total. The quantitative estimate of drug-likeness (QED) is 0.826. The molecule has 7 heteroatoms. The fraction of sp³-hybridized carbons (Fsp3) is 0.391. The average molecular weight is 409 g/mol. The highest BCUT2D eigenvalue weighted by atomic mass is 16.5. The van der Waals surface area contributed by atoms with Gasteiger partial charge in [0.1, 0.15) is 5.75 Å². The van der Waals surface area contributed by atoms with Crippen molar-refractivity contribution in [3.63, 3.8) is 0 Å². The summed E-state index contributed by atoms with van der Waals surface area (Å²) in [6.07, 6.45) is 0.322. The Balaban J connectivity index is 1.28. The van der Waals surface area contributed by atoms with Crippen molar-refractivity contribution in [2.75, 3.05) is 49.1 Å². The lowest BCUT2D eigenvalue weighted by atomic mass is 10.2. The first-order chi connectivity index (χ1) is 14.6. The molecule has 0 aromatic heterocycles. The van der Waals surface area contributed by atoms with Gasteiger partial charge in [0, 0.05) is 50.5 Å². The molecule has 158 valence electrons. The molecule has 2 fully saturated rings. The van der Waals surface area contributed by atoms with Gasteiger partial charge >= 0.3 is 6.03 Å². The molecule has 1 N–H and O–H groups in total. The molecular weight excluding hydrogens is 380 g/mol. The predicted molar refractivity (Wildman–Crippen MR) is 117 cm³/mol. The van der Waals surface area contributed by atoms with E-state index in [2.05, 4.69) is 22.3 Å². The van der Waals surface area contributed by atoms with Crippen LogP contribution in [0.3, 0.4) is 0 Å². The SMILES string of the molecule is CCOc1ccc(N2C[C@@H](NC(=O)N3CCN(c4ccccc4)CC3)CC2=O)cc1. The second-order valence-electron chi connectivity index (χ2n) is 7.59. The number of rotatable bonds is 5. The second kappa shape index (κ2) is 9.07. The third-order valence-corrected chi connectivity index (χ3v) is 5.60. The number of amides is 3. The van der Waals surface area contributed by atoms with Gasteiger partial charge in [-0.1, -0.05) is 18.2 Å². The topological polar surface area (TPSA) is 65.1 Å². The Labute approximate surface area is 177 Å². The van der Waals surface area contributed by atoms with E-state index in [9.17, 15) is 9.59 Å². The molecule has 2 saturated heterocycles. The van der Waals surface area contributed by atoms with E-state index in [-0.39, 0.29) is 18.0 Å². The fourth-order valence-electron chi connectivity index (χ4n) is 4.02. The predicted octanol–water partition coefficient (Wildman–Crippen LogP) is 2.72. The summed E-state index contributed by atoms with van der Waals surface area (Å²) >= 11 is 0. The minimum absolute atomic E-state index is 0.0263. The highest BCUT2D eigenvalue weighted by Gasteiger charge is 2.33. The van der Waals surface area contributed by atoms with E-state index in [0.29, 0.717) is 32.7 Å². The van der Waals surface area contributed by atoms with Gasteiger partial charge in [-0.2, -0.15) is 0 Å². The molecule has 0 spiro atoms. The number of carbonyl (C=O) groups is 2. The molecule has 2 aliphatic rings. The minimum Gasteiger partial charge on any atom is -0.494 e. The number of nitrogens with one attached hydrogen (secondary N) is 1. The first-order valence-corrected chi connectivity index (χ1v) is 10.5. The van der Waals surface area contributed by atoms with Gasteiger partial charge in [0.05, 0.1) is 12.6 Å². The van der Waals surface area contributed by atoms with Crippen LogP contribution in [0.1, 0.15) is 13.3 Å². The lowest BCUT2D eigenvalue weighted by molar-refractivity contribution is -0.117. The molecule has 1 atom stereocenters. The Morgan fingerprint density at radius 1 is 1.00 bits per heavy atom. The van der Waals surface area contributed by atoms with Crippen molar-refractivity contribution >= 4 is 23.3 Å². The summed E-state index contributed by atoms with van der Waals surface area (Å²) in [4.78, 5) is 31.0. The molecule has 4 rings (SSSR count).